The second kappa shape index (κ2) is 8.08. The molecule has 3 aromatic rings. The van der Waals surface area contributed by atoms with E-state index in [1.165, 1.54) is 6.33 Å². The Balaban J connectivity index is 1.76. The van der Waals surface area contributed by atoms with E-state index in [-0.39, 0.29) is 11.7 Å². The van der Waals surface area contributed by atoms with Crippen LogP contribution >= 0.6 is 11.6 Å². The van der Waals surface area contributed by atoms with Gasteiger partial charge in [-0.05, 0) is 55.8 Å². The van der Waals surface area contributed by atoms with Crippen molar-refractivity contribution in [2.75, 3.05) is 17.2 Å². The average Bonchev–Trinajstić information content (AvgIpc) is 3.18. The summed E-state index contributed by atoms with van der Waals surface area (Å²) in [7, 11) is 0. The van der Waals surface area contributed by atoms with Crippen molar-refractivity contribution in [3.63, 3.8) is 0 Å². The minimum Gasteiger partial charge on any atom is -0.504 e. The quantitative estimate of drug-likeness (QED) is 0.572. The van der Waals surface area contributed by atoms with Crippen LogP contribution in [0.3, 0.4) is 0 Å². The van der Waals surface area contributed by atoms with Crippen molar-refractivity contribution in [2.45, 2.75) is 19.9 Å². The standard InChI is InChI=1S/C21H20ClN5O3/c1-3-30-17-10-13(4-9-16(17)28)19-18(12(2)25-21-23-11-24-27(19)21)20(29)26-15-7-5-14(22)6-8-15/h4-11,19,28H,3H2,1-2H3,(H,26,29)(H,23,24,25)/t19-/m1/s1. The average molecular weight is 426 g/mol. The normalized spacial score (nSPS) is 15.4. The fraction of sp³-hybridized carbons (Fsp3) is 0.190. The molecule has 0 bridgehead atoms. The first-order chi connectivity index (χ1) is 14.5. The molecule has 0 radical (unpaired) electrons. The van der Waals surface area contributed by atoms with Crippen LogP contribution in [-0.2, 0) is 4.79 Å². The van der Waals surface area contributed by atoms with E-state index >= 15 is 0 Å². The maximum absolute atomic E-state index is 13.3. The van der Waals surface area contributed by atoms with Gasteiger partial charge in [0, 0.05) is 16.4 Å². The number of phenols is 1. The van der Waals surface area contributed by atoms with Crippen molar-refractivity contribution >= 4 is 29.1 Å². The largest absolute Gasteiger partial charge is 0.504 e. The van der Waals surface area contributed by atoms with Gasteiger partial charge < -0.3 is 20.5 Å². The summed E-state index contributed by atoms with van der Waals surface area (Å²) in [6.45, 7) is 4.05. The summed E-state index contributed by atoms with van der Waals surface area (Å²) in [6, 6.07) is 11.3. The number of rotatable bonds is 5. The summed E-state index contributed by atoms with van der Waals surface area (Å²) in [5.74, 6) is 0.595. The van der Waals surface area contributed by atoms with Crippen LogP contribution in [0.15, 0.2) is 60.1 Å². The third-order valence-electron chi connectivity index (χ3n) is 4.74. The number of anilines is 2. The molecule has 1 aliphatic rings. The zero-order chi connectivity index (χ0) is 21.3. The molecule has 3 N–H and O–H groups in total. The zero-order valence-corrected chi connectivity index (χ0v) is 17.1. The second-order valence-corrected chi connectivity index (χ2v) is 7.15. The number of carbonyl (C=O) groups is 1. The fourth-order valence-electron chi connectivity index (χ4n) is 3.40. The molecule has 4 rings (SSSR count). The Labute approximate surface area is 178 Å². The summed E-state index contributed by atoms with van der Waals surface area (Å²) >= 11 is 5.94. The molecular weight excluding hydrogens is 406 g/mol. The highest BCUT2D eigenvalue weighted by atomic mass is 35.5. The molecule has 0 spiro atoms. The number of hydrogen-bond acceptors (Lipinski definition) is 6. The minimum atomic E-state index is -0.559. The van der Waals surface area contributed by atoms with Crippen molar-refractivity contribution in [1.29, 1.82) is 0 Å². The van der Waals surface area contributed by atoms with Crippen LogP contribution in [0.2, 0.25) is 5.02 Å². The fourth-order valence-corrected chi connectivity index (χ4v) is 3.52. The van der Waals surface area contributed by atoms with Gasteiger partial charge in [-0.2, -0.15) is 10.1 Å². The van der Waals surface area contributed by atoms with Crippen LogP contribution in [0.25, 0.3) is 0 Å². The van der Waals surface area contributed by atoms with E-state index in [9.17, 15) is 9.90 Å². The number of nitrogens with zero attached hydrogens (tertiary/aromatic N) is 3. The third-order valence-corrected chi connectivity index (χ3v) is 4.99. The number of amides is 1. The topological polar surface area (TPSA) is 101 Å². The molecule has 0 fully saturated rings. The predicted molar refractivity (Wildman–Crippen MR) is 114 cm³/mol. The molecule has 2 aromatic carbocycles. The first-order valence-corrected chi connectivity index (χ1v) is 9.75. The highest BCUT2D eigenvalue weighted by molar-refractivity contribution is 6.30. The third kappa shape index (κ3) is 3.69. The highest BCUT2D eigenvalue weighted by Crippen LogP contribution is 2.38. The van der Waals surface area contributed by atoms with Crippen LogP contribution in [-0.4, -0.2) is 32.4 Å². The molecule has 0 unspecified atom stereocenters. The lowest BCUT2D eigenvalue weighted by Crippen LogP contribution is -2.31. The maximum Gasteiger partial charge on any atom is 0.255 e. The molecular formula is C21H20ClN5O3. The molecule has 154 valence electrons. The number of aromatic hydroxyl groups is 1. The van der Waals surface area contributed by atoms with E-state index in [0.717, 1.165) is 5.56 Å². The van der Waals surface area contributed by atoms with Crippen LogP contribution < -0.4 is 15.4 Å². The molecule has 0 aliphatic carbocycles. The number of aromatic nitrogens is 3. The van der Waals surface area contributed by atoms with Gasteiger partial charge in [-0.15, -0.1) is 0 Å². The Morgan fingerprint density at radius 2 is 2.07 bits per heavy atom. The molecule has 30 heavy (non-hydrogen) atoms. The number of hydrogen-bond donors (Lipinski definition) is 3. The first-order valence-electron chi connectivity index (χ1n) is 9.38. The summed E-state index contributed by atoms with van der Waals surface area (Å²) in [5, 5.41) is 21.0. The van der Waals surface area contributed by atoms with Crippen LogP contribution in [0.1, 0.15) is 25.5 Å². The lowest BCUT2D eigenvalue weighted by molar-refractivity contribution is -0.113. The number of phenolic OH excluding ortho intramolecular Hbond substituents is 1. The van der Waals surface area contributed by atoms with Gasteiger partial charge in [-0.1, -0.05) is 17.7 Å². The van der Waals surface area contributed by atoms with Crippen LogP contribution in [0.4, 0.5) is 11.6 Å². The summed E-state index contributed by atoms with van der Waals surface area (Å²) in [6.07, 6.45) is 1.42. The first kappa shape index (κ1) is 19.8. The van der Waals surface area contributed by atoms with E-state index in [2.05, 4.69) is 20.7 Å². The monoisotopic (exact) mass is 425 g/mol. The van der Waals surface area contributed by atoms with Gasteiger partial charge >= 0.3 is 0 Å². The zero-order valence-electron chi connectivity index (χ0n) is 16.4. The van der Waals surface area contributed by atoms with Gasteiger partial charge in [0.25, 0.3) is 5.91 Å². The Kier molecular flexibility index (Phi) is 5.33. The van der Waals surface area contributed by atoms with Crippen molar-refractivity contribution in [2.24, 2.45) is 0 Å². The van der Waals surface area contributed by atoms with Gasteiger partial charge in [-0.25, -0.2) is 4.68 Å². The number of fused-ring (bicyclic) bond motifs is 1. The Hall–Kier alpha value is -3.52. The van der Waals surface area contributed by atoms with Crippen LogP contribution in [0, 0.1) is 0 Å². The van der Waals surface area contributed by atoms with Gasteiger partial charge in [0.1, 0.15) is 12.4 Å². The van der Waals surface area contributed by atoms with E-state index in [1.807, 2.05) is 13.8 Å². The molecule has 1 atom stereocenters. The van der Waals surface area contributed by atoms with Crippen molar-refractivity contribution in [3.8, 4) is 11.5 Å². The number of ether oxygens (including phenoxy) is 1. The van der Waals surface area contributed by atoms with Gasteiger partial charge in [0.2, 0.25) is 5.95 Å². The summed E-state index contributed by atoms with van der Waals surface area (Å²) in [5.41, 5.74) is 2.47. The lowest BCUT2D eigenvalue weighted by Gasteiger charge is -2.29. The Morgan fingerprint density at radius 1 is 1.30 bits per heavy atom. The predicted octanol–water partition coefficient (Wildman–Crippen LogP) is 3.96. The smallest absolute Gasteiger partial charge is 0.255 e. The van der Waals surface area contributed by atoms with E-state index in [1.54, 1.807) is 47.1 Å². The van der Waals surface area contributed by atoms with E-state index < -0.39 is 6.04 Å². The molecule has 1 aromatic heterocycles. The minimum absolute atomic E-state index is 0.0289. The number of nitrogens with one attached hydrogen (secondary N) is 2. The van der Waals surface area contributed by atoms with E-state index in [0.29, 0.717) is 40.3 Å². The molecule has 0 saturated heterocycles. The van der Waals surface area contributed by atoms with Crippen LogP contribution in [0.5, 0.6) is 11.5 Å². The van der Waals surface area contributed by atoms with Crippen molar-refractivity contribution < 1.29 is 14.6 Å². The second-order valence-electron chi connectivity index (χ2n) is 6.72. The number of allylic oxidation sites excluding steroid dienone is 1. The van der Waals surface area contributed by atoms with Gasteiger partial charge in [-0.3, -0.25) is 4.79 Å². The number of benzene rings is 2. The molecule has 2 heterocycles. The lowest BCUT2D eigenvalue weighted by atomic mass is 9.94. The van der Waals surface area contributed by atoms with Crippen molar-refractivity contribution in [3.05, 3.63) is 70.6 Å². The number of carbonyl (C=O) groups excluding carboxylic acids is 1. The summed E-state index contributed by atoms with van der Waals surface area (Å²) < 4.78 is 7.16. The Bertz CT molecular complexity index is 1120. The maximum atomic E-state index is 13.3. The molecule has 9 heteroatoms. The summed E-state index contributed by atoms with van der Waals surface area (Å²) in [4.78, 5) is 17.5. The molecule has 1 amide bonds. The SMILES string of the molecule is CCOc1cc([C@@H]2C(C(=O)Nc3ccc(Cl)cc3)=C(C)Nc3ncnn32)ccc1O. The van der Waals surface area contributed by atoms with Crippen molar-refractivity contribution in [1.82, 2.24) is 14.8 Å². The van der Waals surface area contributed by atoms with Gasteiger partial charge in [0.05, 0.1) is 12.2 Å². The molecule has 1 aliphatic heterocycles. The number of halogens is 1. The Morgan fingerprint density at radius 3 is 2.80 bits per heavy atom. The van der Waals surface area contributed by atoms with E-state index in [4.69, 9.17) is 16.3 Å². The highest BCUT2D eigenvalue weighted by Gasteiger charge is 2.34. The van der Waals surface area contributed by atoms with Gasteiger partial charge in [0.15, 0.2) is 11.5 Å². The molecule has 0 saturated carbocycles. The molecule has 8 nitrogen and oxygen atoms in total.